The molecular weight excluding hydrogens is 879 g/mol. The zero-order valence-electron chi connectivity index (χ0n) is 34.9. The Morgan fingerprint density at radius 1 is 0.815 bits per heavy atom. The summed E-state index contributed by atoms with van der Waals surface area (Å²) < 4.78 is 2.64. The summed E-state index contributed by atoms with van der Waals surface area (Å²) in [5.41, 5.74) is 6.21. The van der Waals surface area contributed by atoms with Gasteiger partial charge in [0.05, 0.1) is 4.91 Å². The van der Waals surface area contributed by atoms with Crippen LogP contribution in [-0.2, 0) is 41.1 Å². The first-order chi connectivity index (χ1) is 24.7. The van der Waals surface area contributed by atoms with Crippen molar-refractivity contribution in [2.75, 3.05) is 0 Å². The molecule has 0 unspecified atom stereocenters. The van der Waals surface area contributed by atoms with Crippen molar-refractivity contribution in [3.8, 4) is 11.3 Å². The average Bonchev–Trinajstić information content (AvgIpc) is 3.52. The molecule has 0 fully saturated rings. The van der Waals surface area contributed by atoms with Gasteiger partial charge in [-0.3, -0.25) is 9.78 Å². The molecule has 0 saturated heterocycles. The Labute approximate surface area is 348 Å². The van der Waals surface area contributed by atoms with Crippen molar-refractivity contribution in [1.29, 1.82) is 0 Å². The number of hydrogen-bond donors (Lipinski definition) is 2. The molecule has 2 aromatic heterocycles. The number of hydrogen-bond acceptors (Lipinski definition) is 5. The molecule has 1 radical (unpaired) electrons. The van der Waals surface area contributed by atoms with Gasteiger partial charge in [-0.1, -0.05) is 119 Å². The van der Waals surface area contributed by atoms with Crippen molar-refractivity contribution < 1.29 is 30.0 Å². The van der Waals surface area contributed by atoms with E-state index in [1.54, 1.807) is 0 Å². The number of thiophene rings is 1. The second-order valence-corrected chi connectivity index (χ2v) is 19.8. The first-order valence-corrected chi connectivity index (χ1v) is 20.9. The molecule has 0 saturated carbocycles. The number of nitrogens with zero attached hydrogens (tertiary/aromatic N) is 1. The van der Waals surface area contributed by atoms with E-state index in [2.05, 4.69) is 116 Å². The smallest absolute Gasteiger partial charge is 0.178 e. The fourth-order valence-corrected chi connectivity index (χ4v) is 9.53. The number of fused-ring (bicyclic) bond motifs is 5. The van der Waals surface area contributed by atoms with Crippen LogP contribution >= 0.6 is 24.0 Å². The van der Waals surface area contributed by atoms with Crippen molar-refractivity contribution >= 4 is 60.7 Å². The number of ketones is 1. The van der Waals surface area contributed by atoms with Gasteiger partial charge in [0.15, 0.2) is 5.78 Å². The van der Waals surface area contributed by atoms with Crippen molar-refractivity contribution in [2.24, 2.45) is 10.8 Å². The second-order valence-electron chi connectivity index (χ2n) is 18.3. The molecule has 6 rings (SSSR count). The quantitative estimate of drug-likeness (QED) is 0.0705. The van der Waals surface area contributed by atoms with Crippen LogP contribution in [0.25, 0.3) is 42.2 Å². The summed E-state index contributed by atoms with van der Waals surface area (Å²) in [7, 11) is 0. The molecular formula is C48H62IrNO2S2-. The van der Waals surface area contributed by atoms with E-state index in [0.29, 0.717) is 0 Å². The normalized spacial score (nSPS) is 16.0. The van der Waals surface area contributed by atoms with Crippen molar-refractivity contribution in [1.82, 2.24) is 4.98 Å². The van der Waals surface area contributed by atoms with Crippen LogP contribution in [0.1, 0.15) is 145 Å². The fourth-order valence-electron chi connectivity index (χ4n) is 7.77. The van der Waals surface area contributed by atoms with Crippen LogP contribution in [0.15, 0.2) is 65.4 Å². The van der Waals surface area contributed by atoms with Crippen molar-refractivity contribution in [2.45, 2.75) is 145 Å². The minimum Gasteiger partial charge on any atom is -0.510 e. The third-order valence-electron chi connectivity index (χ3n) is 12.9. The van der Waals surface area contributed by atoms with Crippen LogP contribution in [0.4, 0.5) is 0 Å². The van der Waals surface area contributed by atoms with Gasteiger partial charge >= 0.3 is 0 Å². The molecule has 54 heavy (non-hydrogen) atoms. The number of aliphatic hydroxyl groups excluding tert-OH is 1. The van der Waals surface area contributed by atoms with Gasteiger partial charge < -0.3 is 5.11 Å². The number of Topliss-reactive ketones (excluding diaryl/α,β-unsaturated/α-hetero) is 1. The van der Waals surface area contributed by atoms with Crippen LogP contribution in [0.2, 0.25) is 0 Å². The molecule has 1 aliphatic rings. The van der Waals surface area contributed by atoms with Gasteiger partial charge in [0.1, 0.15) is 5.76 Å². The minimum absolute atomic E-state index is 0. The van der Waals surface area contributed by atoms with Gasteiger partial charge in [-0.25, -0.2) is 0 Å². The minimum atomic E-state index is -0.423. The van der Waals surface area contributed by atoms with Crippen LogP contribution in [0.3, 0.4) is 0 Å². The van der Waals surface area contributed by atoms with Crippen LogP contribution in [0, 0.1) is 16.9 Å². The fraction of sp³-hybridized carbons (Fsp3) is 0.500. The number of pyridine rings is 1. The third-order valence-corrected chi connectivity index (χ3v) is 14.5. The summed E-state index contributed by atoms with van der Waals surface area (Å²) in [6.45, 7) is 28.5. The molecule has 0 amide bonds. The second kappa shape index (κ2) is 16.2. The van der Waals surface area contributed by atoms with Crippen LogP contribution < -0.4 is 0 Å². The van der Waals surface area contributed by atoms with Gasteiger partial charge in [-0.2, -0.15) is 0 Å². The Balaban J connectivity index is 0.000000294. The molecule has 0 bridgehead atoms. The van der Waals surface area contributed by atoms with E-state index < -0.39 is 5.41 Å². The van der Waals surface area contributed by atoms with Crippen LogP contribution in [0.5, 0.6) is 0 Å². The molecule has 0 atom stereocenters. The van der Waals surface area contributed by atoms with Crippen LogP contribution in [-0.4, -0.2) is 15.9 Å². The van der Waals surface area contributed by atoms with Gasteiger partial charge in [0.25, 0.3) is 0 Å². The number of carbonyl (C=O) groups excluding carboxylic acids is 1. The monoisotopic (exact) mass is 941 g/mol. The standard InChI is InChI=1S/C33H34NS.C15H28O2S.Ir/c1-31(2,3)25-17-21(16-20-10-8-9-11-22(20)25)29-30-23(12-15-34-29)24-18-26-27(19-28(24)35-30)33(6,7)14-13-32(26,4)5;1-7-14(5,8-2)12(16)11(18)13(17)15(6,9-3)10-4;/h8-12,15,17-19H,13-14H2,1-7H3;16,18H,7-10H2,1-6H3;/q-1;;/b;12-11+;. The third kappa shape index (κ3) is 8.15. The van der Waals surface area contributed by atoms with Crippen molar-refractivity contribution in [3.63, 3.8) is 0 Å². The summed E-state index contributed by atoms with van der Waals surface area (Å²) in [4.78, 5) is 17.6. The molecule has 2 heterocycles. The van der Waals surface area contributed by atoms with E-state index in [-0.39, 0.29) is 58.2 Å². The Morgan fingerprint density at radius 2 is 1.37 bits per heavy atom. The van der Waals surface area contributed by atoms with Gasteiger partial charge in [-0.05, 0) is 89.5 Å². The topological polar surface area (TPSA) is 50.2 Å². The number of carbonyl (C=O) groups is 1. The first kappa shape index (κ1) is 44.2. The van der Waals surface area contributed by atoms with Gasteiger partial charge in [0, 0.05) is 57.6 Å². The van der Waals surface area contributed by atoms with E-state index in [9.17, 15) is 9.90 Å². The van der Waals surface area contributed by atoms with E-state index >= 15 is 0 Å². The predicted molar refractivity (Wildman–Crippen MR) is 234 cm³/mol. The Bertz CT molecular complexity index is 2190. The number of thiol groups is 1. The SMILES string of the molecule is CC(C)(C)c1cc(-c2nccc3c2sc2cc4c(cc23)C(C)(C)CCC4(C)C)[c-]c2ccccc12.CCC(C)(CC)C(=O)/C(S)=C(\O)C(C)(CC)CC.[Ir]. The Kier molecular flexibility index (Phi) is 13.2. The van der Waals surface area contributed by atoms with E-state index in [1.165, 1.54) is 55.1 Å². The summed E-state index contributed by atoms with van der Waals surface area (Å²) >= 11 is 6.20. The molecule has 5 aromatic rings. The maximum Gasteiger partial charge on any atom is 0.178 e. The zero-order valence-corrected chi connectivity index (χ0v) is 39.0. The number of aromatic nitrogens is 1. The van der Waals surface area contributed by atoms with Gasteiger partial charge in [0.2, 0.25) is 0 Å². The maximum absolute atomic E-state index is 12.5. The number of allylic oxidation sites excluding steroid dienone is 2. The average molecular weight is 941 g/mol. The predicted octanol–water partition coefficient (Wildman–Crippen LogP) is 14.6. The molecule has 3 aromatic carbocycles. The molecule has 1 aliphatic carbocycles. The summed E-state index contributed by atoms with van der Waals surface area (Å²) in [6, 6.07) is 21.9. The maximum atomic E-state index is 12.5. The summed E-state index contributed by atoms with van der Waals surface area (Å²) in [5.74, 6) is 0.107. The molecule has 1 N–H and O–H groups in total. The number of aliphatic hydroxyl groups is 1. The largest absolute Gasteiger partial charge is 0.510 e. The Morgan fingerprint density at radius 3 is 1.93 bits per heavy atom. The van der Waals surface area contributed by atoms with Gasteiger partial charge in [-0.15, -0.1) is 53.1 Å². The molecule has 3 nitrogen and oxygen atoms in total. The van der Waals surface area contributed by atoms with E-state index in [0.717, 1.165) is 42.3 Å². The number of rotatable bonds is 8. The van der Waals surface area contributed by atoms with E-state index in [1.807, 2.05) is 59.1 Å². The molecule has 0 spiro atoms. The first-order valence-electron chi connectivity index (χ1n) is 19.7. The van der Waals surface area contributed by atoms with E-state index in [4.69, 9.17) is 4.98 Å². The summed E-state index contributed by atoms with van der Waals surface area (Å²) in [5, 5.41) is 15.5. The Hall–Kier alpha value is -2.50. The molecule has 6 heteroatoms. The van der Waals surface area contributed by atoms with Crippen molar-refractivity contribution in [3.05, 3.63) is 88.1 Å². The zero-order chi connectivity index (χ0) is 39.3. The summed E-state index contributed by atoms with van der Waals surface area (Å²) in [6.07, 6.45) is 7.55. The molecule has 0 aliphatic heterocycles. The molecule has 293 valence electrons. The number of benzene rings is 3.